The summed E-state index contributed by atoms with van der Waals surface area (Å²) in [7, 11) is 0. The van der Waals surface area contributed by atoms with Crippen molar-refractivity contribution in [2.45, 2.75) is 49.7 Å². The second-order valence-corrected chi connectivity index (χ2v) is 12.3. The molecule has 1 aliphatic heterocycles. The molecule has 4 heteroatoms. The zero-order valence-electron chi connectivity index (χ0n) is 24.8. The predicted octanol–water partition coefficient (Wildman–Crippen LogP) is 5.82. The van der Waals surface area contributed by atoms with E-state index in [9.17, 15) is 10.2 Å². The van der Waals surface area contributed by atoms with Crippen LogP contribution in [0.15, 0.2) is 121 Å². The molecule has 0 amide bonds. The van der Waals surface area contributed by atoms with Crippen LogP contribution in [0, 0.1) is 0 Å². The summed E-state index contributed by atoms with van der Waals surface area (Å²) >= 11 is 0. The van der Waals surface area contributed by atoms with Crippen molar-refractivity contribution in [3.8, 4) is 0 Å². The van der Waals surface area contributed by atoms with Crippen molar-refractivity contribution in [1.29, 1.82) is 0 Å². The monoisotopic (exact) mass is 562 g/mol. The van der Waals surface area contributed by atoms with E-state index in [1.165, 1.54) is 22.3 Å². The van der Waals surface area contributed by atoms with Gasteiger partial charge in [0.1, 0.15) is 0 Å². The molecule has 0 radical (unpaired) electrons. The van der Waals surface area contributed by atoms with E-state index in [4.69, 9.17) is 0 Å². The van der Waals surface area contributed by atoms with Crippen LogP contribution in [-0.4, -0.2) is 70.5 Å². The average Bonchev–Trinajstić information content (AvgIpc) is 3.01. The van der Waals surface area contributed by atoms with Crippen molar-refractivity contribution in [2.24, 2.45) is 0 Å². The molecule has 5 rings (SSSR count). The van der Waals surface area contributed by atoms with Gasteiger partial charge in [0.2, 0.25) is 0 Å². The lowest BCUT2D eigenvalue weighted by Gasteiger charge is -2.38. The van der Waals surface area contributed by atoms with Gasteiger partial charge in [0.25, 0.3) is 0 Å². The Labute approximate surface area is 252 Å². The smallest absolute Gasteiger partial charge is 0.0740 e. The van der Waals surface area contributed by atoms with E-state index >= 15 is 0 Å². The van der Waals surface area contributed by atoms with Crippen LogP contribution < -0.4 is 0 Å². The van der Waals surface area contributed by atoms with E-state index < -0.39 is 11.2 Å². The average molecular weight is 563 g/mol. The Bertz CT molecular complexity index is 1120. The van der Waals surface area contributed by atoms with Gasteiger partial charge >= 0.3 is 0 Å². The SMILES string of the molecule is OC(CCN1CCN(CCC(O)(Cc2ccccc2)Cc2ccccc2)CC1)(Cc1ccccc1)Cc1ccccc1. The summed E-state index contributed by atoms with van der Waals surface area (Å²) in [6, 6.07) is 41.5. The highest BCUT2D eigenvalue weighted by Gasteiger charge is 2.31. The zero-order valence-corrected chi connectivity index (χ0v) is 24.8. The van der Waals surface area contributed by atoms with Gasteiger partial charge in [-0.05, 0) is 35.1 Å². The summed E-state index contributed by atoms with van der Waals surface area (Å²) in [5, 5.41) is 23.7. The molecule has 1 fully saturated rings. The molecule has 0 aromatic heterocycles. The highest BCUT2D eigenvalue weighted by molar-refractivity contribution is 5.23. The third-order valence-corrected chi connectivity index (χ3v) is 8.76. The van der Waals surface area contributed by atoms with E-state index in [0.717, 1.165) is 52.1 Å². The molecule has 1 saturated heterocycles. The van der Waals surface area contributed by atoms with Crippen molar-refractivity contribution >= 4 is 0 Å². The van der Waals surface area contributed by atoms with Crippen molar-refractivity contribution < 1.29 is 10.2 Å². The van der Waals surface area contributed by atoms with Crippen LogP contribution >= 0.6 is 0 Å². The van der Waals surface area contributed by atoms with Crippen molar-refractivity contribution in [3.63, 3.8) is 0 Å². The second kappa shape index (κ2) is 14.8. The van der Waals surface area contributed by atoms with Crippen molar-refractivity contribution in [1.82, 2.24) is 9.80 Å². The number of nitrogens with zero attached hydrogens (tertiary/aromatic N) is 2. The molecule has 1 heterocycles. The van der Waals surface area contributed by atoms with Crippen molar-refractivity contribution in [2.75, 3.05) is 39.3 Å². The van der Waals surface area contributed by atoms with Gasteiger partial charge in [0.05, 0.1) is 11.2 Å². The van der Waals surface area contributed by atoms with Gasteiger partial charge in [-0.2, -0.15) is 0 Å². The van der Waals surface area contributed by atoms with Gasteiger partial charge in [0, 0.05) is 65.0 Å². The van der Waals surface area contributed by atoms with Gasteiger partial charge < -0.3 is 20.0 Å². The Morgan fingerprint density at radius 3 is 0.881 bits per heavy atom. The molecule has 2 N–H and O–H groups in total. The molecule has 0 atom stereocenters. The fraction of sp³-hybridized carbons (Fsp3) is 0.368. The first-order chi connectivity index (χ1) is 20.5. The first-order valence-electron chi connectivity index (χ1n) is 15.5. The molecule has 0 bridgehead atoms. The number of hydrogen-bond acceptors (Lipinski definition) is 4. The molecule has 0 spiro atoms. The lowest BCUT2D eigenvalue weighted by Crippen LogP contribution is -2.49. The Morgan fingerprint density at radius 1 is 0.405 bits per heavy atom. The van der Waals surface area contributed by atoms with E-state index in [1.807, 2.05) is 24.3 Å². The van der Waals surface area contributed by atoms with Crippen LogP contribution in [-0.2, 0) is 25.7 Å². The highest BCUT2D eigenvalue weighted by atomic mass is 16.3. The molecule has 1 aliphatic rings. The second-order valence-electron chi connectivity index (χ2n) is 12.3. The lowest BCUT2D eigenvalue weighted by molar-refractivity contribution is 0.00572. The Kier molecular flexibility index (Phi) is 10.6. The Morgan fingerprint density at radius 2 is 0.643 bits per heavy atom. The van der Waals surface area contributed by atoms with Gasteiger partial charge in [-0.1, -0.05) is 121 Å². The number of rotatable bonds is 14. The standard InChI is InChI=1S/C38H46N2O2/c41-37(29-33-13-5-1-6-14-33,30-34-15-7-2-8-16-34)21-23-39-25-27-40(28-26-39)24-22-38(42,31-35-17-9-3-10-18-35)32-36-19-11-4-12-20-36/h1-20,41-42H,21-32H2. The normalized spacial score (nSPS) is 15.1. The molecular formula is C38H46N2O2. The Balaban J connectivity index is 1.14. The minimum atomic E-state index is -0.786. The first-order valence-corrected chi connectivity index (χ1v) is 15.5. The minimum absolute atomic E-state index is 0.657. The summed E-state index contributed by atoms with van der Waals surface area (Å²) in [6.07, 6.45) is 4.11. The lowest BCUT2D eigenvalue weighted by atomic mass is 9.85. The fourth-order valence-electron chi connectivity index (χ4n) is 6.35. The van der Waals surface area contributed by atoms with E-state index in [-0.39, 0.29) is 0 Å². The van der Waals surface area contributed by atoms with Crippen LogP contribution in [0.5, 0.6) is 0 Å². The van der Waals surface area contributed by atoms with Gasteiger partial charge in [-0.25, -0.2) is 0 Å². The summed E-state index contributed by atoms with van der Waals surface area (Å²) in [5.41, 5.74) is 3.15. The molecule has 4 aromatic carbocycles. The van der Waals surface area contributed by atoms with Crippen LogP contribution in [0.3, 0.4) is 0 Å². The van der Waals surface area contributed by atoms with E-state index in [1.54, 1.807) is 0 Å². The van der Waals surface area contributed by atoms with Gasteiger partial charge in [0.15, 0.2) is 0 Å². The van der Waals surface area contributed by atoms with E-state index in [2.05, 4.69) is 107 Å². The zero-order chi connectivity index (χ0) is 29.1. The van der Waals surface area contributed by atoms with Crippen LogP contribution in [0.4, 0.5) is 0 Å². The van der Waals surface area contributed by atoms with Gasteiger partial charge in [-0.15, -0.1) is 0 Å². The molecule has 0 saturated carbocycles. The largest absolute Gasteiger partial charge is 0.389 e. The highest BCUT2D eigenvalue weighted by Crippen LogP contribution is 2.26. The third kappa shape index (κ3) is 9.37. The van der Waals surface area contributed by atoms with E-state index in [0.29, 0.717) is 25.7 Å². The van der Waals surface area contributed by atoms with Crippen molar-refractivity contribution in [3.05, 3.63) is 144 Å². The van der Waals surface area contributed by atoms with Crippen LogP contribution in [0.1, 0.15) is 35.1 Å². The number of aliphatic hydroxyl groups is 2. The maximum absolute atomic E-state index is 11.9. The summed E-state index contributed by atoms with van der Waals surface area (Å²) in [6.45, 7) is 5.72. The summed E-state index contributed by atoms with van der Waals surface area (Å²) in [4.78, 5) is 5.00. The molecular weight excluding hydrogens is 516 g/mol. The number of benzene rings is 4. The number of piperazine rings is 1. The summed E-state index contributed by atoms with van der Waals surface area (Å²) < 4.78 is 0. The third-order valence-electron chi connectivity index (χ3n) is 8.76. The minimum Gasteiger partial charge on any atom is -0.389 e. The predicted molar refractivity (Wildman–Crippen MR) is 173 cm³/mol. The van der Waals surface area contributed by atoms with Crippen LogP contribution in [0.25, 0.3) is 0 Å². The first kappa shape index (κ1) is 30.2. The molecule has 0 unspecified atom stereocenters. The maximum atomic E-state index is 11.9. The summed E-state index contributed by atoms with van der Waals surface area (Å²) in [5.74, 6) is 0. The maximum Gasteiger partial charge on any atom is 0.0740 e. The number of hydrogen-bond donors (Lipinski definition) is 2. The fourth-order valence-corrected chi connectivity index (χ4v) is 6.35. The molecule has 220 valence electrons. The van der Waals surface area contributed by atoms with Gasteiger partial charge in [-0.3, -0.25) is 0 Å². The topological polar surface area (TPSA) is 46.9 Å². The Hall–Kier alpha value is -3.28. The molecule has 4 aromatic rings. The van der Waals surface area contributed by atoms with Crippen LogP contribution in [0.2, 0.25) is 0 Å². The molecule has 0 aliphatic carbocycles. The quantitative estimate of drug-likeness (QED) is 0.203. The molecule has 4 nitrogen and oxygen atoms in total. The molecule has 42 heavy (non-hydrogen) atoms.